The topological polar surface area (TPSA) is 58.4 Å². The maximum absolute atomic E-state index is 11.9. The summed E-state index contributed by atoms with van der Waals surface area (Å²) in [5.74, 6) is 0.859. The molecule has 0 aliphatic carbocycles. The van der Waals surface area contributed by atoms with E-state index in [1.807, 2.05) is 13.8 Å². The van der Waals surface area contributed by atoms with Crippen molar-refractivity contribution >= 4 is 5.91 Å². The molecule has 0 aliphatic heterocycles. The number of nitrogens with zero attached hydrogens (tertiary/aromatic N) is 2. The normalized spacial score (nSPS) is 12.5. The molecule has 1 aromatic rings. The van der Waals surface area contributed by atoms with Gasteiger partial charge in [-0.3, -0.25) is 4.79 Å². The number of aromatic nitrogens is 1. The van der Waals surface area contributed by atoms with Gasteiger partial charge in [0.25, 0.3) is 0 Å². The lowest BCUT2D eigenvalue weighted by Gasteiger charge is -2.19. The highest BCUT2D eigenvalue weighted by Gasteiger charge is 2.15. The van der Waals surface area contributed by atoms with Crippen molar-refractivity contribution < 1.29 is 9.32 Å². The molecule has 0 aromatic carbocycles. The van der Waals surface area contributed by atoms with Crippen molar-refractivity contribution in [3.63, 3.8) is 0 Å². The van der Waals surface area contributed by atoms with Crippen molar-refractivity contribution in [3.05, 3.63) is 17.0 Å². The van der Waals surface area contributed by atoms with Gasteiger partial charge in [0.05, 0.1) is 18.8 Å². The fraction of sp³-hybridized carbons (Fsp3) is 0.692. The van der Waals surface area contributed by atoms with Gasteiger partial charge in [-0.25, -0.2) is 0 Å². The fourth-order valence-electron chi connectivity index (χ4n) is 1.59. The summed E-state index contributed by atoms with van der Waals surface area (Å²) < 4.78 is 5.09. The zero-order valence-electron chi connectivity index (χ0n) is 11.9. The number of hydrogen-bond donors (Lipinski definition) is 1. The third-order valence-electron chi connectivity index (χ3n) is 3.22. The summed E-state index contributed by atoms with van der Waals surface area (Å²) in [5, 5.41) is 7.08. The van der Waals surface area contributed by atoms with Gasteiger partial charge >= 0.3 is 0 Å². The van der Waals surface area contributed by atoms with Gasteiger partial charge in [-0.1, -0.05) is 12.1 Å². The number of carbonyl (C=O) groups excluding carboxylic acids is 1. The molecule has 1 unspecified atom stereocenters. The largest absolute Gasteiger partial charge is 0.361 e. The van der Waals surface area contributed by atoms with E-state index in [1.165, 1.54) is 0 Å². The van der Waals surface area contributed by atoms with E-state index in [0.717, 1.165) is 23.4 Å². The van der Waals surface area contributed by atoms with Crippen LogP contribution in [0.2, 0.25) is 0 Å². The summed E-state index contributed by atoms with van der Waals surface area (Å²) >= 11 is 0. The van der Waals surface area contributed by atoms with Crippen LogP contribution in [0, 0.1) is 13.8 Å². The average Bonchev–Trinajstić information content (AvgIpc) is 2.66. The third-order valence-corrected chi connectivity index (χ3v) is 3.22. The molecule has 0 saturated carbocycles. The summed E-state index contributed by atoms with van der Waals surface area (Å²) in [6.45, 7) is 8.83. The smallest absolute Gasteiger partial charge is 0.236 e. The van der Waals surface area contributed by atoms with Gasteiger partial charge in [0, 0.05) is 18.7 Å². The SMILES string of the molecule is CCC(C)NCC(=O)N(C)Cc1c(C)noc1C. The highest BCUT2D eigenvalue weighted by atomic mass is 16.5. The summed E-state index contributed by atoms with van der Waals surface area (Å²) in [5.41, 5.74) is 1.84. The fourth-order valence-corrected chi connectivity index (χ4v) is 1.59. The molecule has 0 radical (unpaired) electrons. The van der Waals surface area contributed by atoms with E-state index in [0.29, 0.717) is 19.1 Å². The number of hydrogen-bond acceptors (Lipinski definition) is 4. The summed E-state index contributed by atoms with van der Waals surface area (Å²) in [6, 6.07) is 0.362. The Kier molecular flexibility index (Phi) is 5.34. The van der Waals surface area contributed by atoms with Gasteiger partial charge < -0.3 is 14.7 Å². The van der Waals surface area contributed by atoms with Crippen molar-refractivity contribution in [2.24, 2.45) is 0 Å². The Morgan fingerprint density at radius 2 is 2.17 bits per heavy atom. The van der Waals surface area contributed by atoms with Crippen LogP contribution in [0.4, 0.5) is 0 Å². The predicted octanol–water partition coefficient (Wildman–Crippen LogP) is 1.64. The van der Waals surface area contributed by atoms with Crippen molar-refractivity contribution in [3.8, 4) is 0 Å². The maximum Gasteiger partial charge on any atom is 0.236 e. The Morgan fingerprint density at radius 1 is 1.50 bits per heavy atom. The lowest BCUT2D eigenvalue weighted by molar-refractivity contribution is -0.129. The second kappa shape index (κ2) is 6.54. The van der Waals surface area contributed by atoms with Crippen LogP contribution in [-0.4, -0.2) is 35.6 Å². The Morgan fingerprint density at radius 3 is 2.67 bits per heavy atom. The van der Waals surface area contributed by atoms with Crippen LogP contribution in [0.25, 0.3) is 0 Å². The van der Waals surface area contributed by atoms with E-state index < -0.39 is 0 Å². The first-order valence-electron chi connectivity index (χ1n) is 6.34. The number of likely N-dealkylation sites (N-methyl/N-ethyl adjacent to an activating group) is 1. The van der Waals surface area contributed by atoms with Crippen molar-refractivity contribution in [1.29, 1.82) is 0 Å². The van der Waals surface area contributed by atoms with E-state index in [1.54, 1.807) is 11.9 Å². The highest BCUT2D eigenvalue weighted by Crippen LogP contribution is 2.14. The Bertz CT molecular complexity index is 381. The Labute approximate surface area is 109 Å². The molecule has 1 aromatic heterocycles. The van der Waals surface area contributed by atoms with Crippen molar-refractivity contribution in [2.75, 3.05) is 13.6 Å². The molecular weight excluding hydrogens is 230 g/mol. The van der Waals surface area contributed by atoms with Gasteiger partial charge in [0.2, 0.25) is 5.91 Å². The van der Waals surface area contributed by atoms with Crippen LogP contribution in [-0.2, 0) is 11.3 Å². The monoisotopic (exact) mass is 253 g/mol. The maximum atomic E-state index is 11.9. The first-order valence-corrected chi connectivity index (χ1v) is 6.34. The molecular formula is C13H23N3O2. The first kappa shape index (κ1) is 14.7. The summed E-state index contributed by atoms with van der Waals surface area (Å²) in [6.07, 6.45) is 1.01. The number of amides is 1. The van der Waals surface area contributed by atoms with Gasteiger partial charge in [-0.15, -0.1) is 0 Å². The molecule has 102 valence electrons. The van der Waals surface area contributed by atoms with Crippen LogP contribution in [0.1, 0.15) is 37.3 Å². The van der Waals surface area contributed by atoms with Gasteiger partial charge in [0.15, 0.2) is 0 Å². The second-order valence-electron chi connectivity index (χ2n) is 4.74. The zero-order chi connectivity index (χ0) is 13.7. The summed E-state index contributed by atoms with van der Waals surface area (Å²) in [7, 11) is 1.80. The number of carbonyl (C=O) groups is 1. The standard InChI is InChI=1S/C13H23N3O2/c1-6-9(2)14-7-13(17)16(5)8-12-10(3)15-18-11(12)4/h9,14H,6-8H2,1-5H3. The van der Waals surface area contributed by atoms with Crippen LogP contribution < -0.4 is 5.32 Å². The van der Waals surface area contributed by atoms with E-state index in [9.17, 15) is 4.79 Å². The van der Waals surface area contributed by atoms with E-state index >= 15 is 0 Å². The van der Waals surface area contributed by atoms with Crippen LogP contribution in [0.5, 0.6) is 0 Å². The second-order valence-corrected chi connectivity index (χ2v) is 4.74. The van der Waals surface area contributed by atoms with Gasteiger partial charge in [-0.2, -0.15) is 0 Å². The highest BCUT2D eigenvalue weighted by molar-refractivity contribution is 5.78. The number of rotatable bonds is 6. The van der Waals surface area contributed by atoms with E-state index in [2.05, 4.69) is 24.3 Å². The summed E-state index contributed by atoms with van der Waals surface area (Å²) in [4.78, 5) is 13.6. The first-order chi connectivity index (χ1) is 8.45. The van der Waals surface area contributed by atoms with Crippen molar-refractivity contribution in [1.82, 2.24) is 15.4 Å². The lowest BCUT2D eigenvalue weighted by Crippen LogP contribution is -2.38. The lowest BCUT2D eigenvalue weighted by atomic mass is 10.2. The minimum Gasteiger partial charge on any atom is -0.361 e. The molecule has 0 bridgehead atoms. The predicted molar refractivity (Wildman–Crippen MR) is 70.2 cm³/mol. The molecule has 5 nitrogen and oxygen atoms in total. The van der Waals surface area contributed by atoms with Gasteiger partial charge in [-0.05, 0) is 27.2 Å². The molecule has 0 spiro atoms. The average molecular weight is 253 g/mol. The number of aryl methyl sites for hydroxylation is 2. The molecule has 1 rings (SSSR count). The van der Waals surface area contributed by atoms with E-state index in [4.69, 9.17) is 4.52 Å². The molecule has 0 aliphatic rings. The third kappa shape index (κ3) is 3.84. The molecule has 1 amide bonds. The number of nitrogens with one attached hydrogen (secondary N) is 1. The quantitative estimate of drug-likeness (QED) is 0.837. The van der Waals surface area contributed by atoms with E-state index in [-0.39, 0.29) is 5.91 Å². The van der Waals surface area contributed by atoms with Gasteiger partial charge in [0.1, 0.15) is 5.76 Å². The molecule has 0 saturated heterocycles. The zero-order valence-corrected chi connectivity index (χ0v) is 11.9. The minimum atomic E-state index is 0.0790. The minimum absolute atomic E-state index is 0.0790. The van der Waals surface area contributed by atoms with Crippen LogP contribution in [0.3, 0.4) is 0 Å². The van der Waals surface area contributed by atoms with Crippen molar-refractivity contribution in [2.45, 2.75) is 46.7 Å². The molecule has 5 heteroatoms. The molecule has 1 heterocycles. The molecule has 1 atom stereocenters. The Balaban J connectivity index is 2.50. The Hall–Kier alpha value is -1.36. The molecule has 0 fully saturated rings. The van der Waals surface area contributed by atoms with Crippen LogP contribution in [0.15, 0.2) is 4.52 Å². The molecule has 18 heavy (non-hydrogen) atoms. The molecule has 1 N–H and O–H groups in total. The van der Waals surface area contributed by atoms with Crippen LogP contribution >= 0.6 is 0 Å².